The maximum Gasteiger partial charge on any atom is 0.305 e. The van der Waals surface area contributed by atoms with Crippen LogP contribution < -0.4 is 0 Å². The summed E-state index contributed by atoms with van der Waals surface area (Å²) in [5.41, 5.74) is 0. The Morgan fingerprint density at radius 2 is 1.55 bits per heavy atom. The molecule has 0 aromatic rings. The molecule has 0 aromatic carbocycles. The second-order valence-corrected chi connectivity index (χ2v) is 7.23. The summed E-state index contributed by atoms with van der Waals surface area (Å²) in [6.45, 7) is 1.45. The third kappa shape index (κ3) is 21.0. The number of carbonyl (C=O) groups excluding carboxylic acids is 1. The fraction of sp³-hybridized carbons (Fsp3) is 0.560. The van der Waals surface area contributed by atoms with E-state index in [0.717, 1.165) is 25.7 Å². The van der Waals surface area contributed by atoms with Gasteiger partial charge < -0.3 is 25.2 Å². The minimum absolute atomic E-state index is 0.182. The van der Waals surface area contributed by atoms with Crippen LogP contribution in [-0.4, -0.2) is 57.9 Å². The summed E-state index contributed by atoms with van der Waals surface area (Å²) in [6, 6.07) is 0. The van der Waals surface area contributed by atoms with Gasteiger partial charge in [0.15, 0.2) is 0 Å². The predicted molar refractivity (Wildman–Crippen MR) is 124 cm³/mol. The lowest BCUT2D eigenvalue weighted by molar-refractivity contribution is -0.147. The minimum Gasteiger partial charge on any atom is -0.463 e. The summed E-state index contributed by atoms with van der Waals surface area (Å²) < 4.78 is 4.82. The number of aliphatic hydroxyl groups excluding tert-OH is 4. The van der Waals surface area contributed by atoms with E-state index in [1.165, 1.54) is 0 Å². The third-order valence-corrected chi connectivity index (χ3v) is 4.24. The van der Waals surface area contributed by atoms with Gasteiger partial charge in [-0.15, -0.1) is 0 Å². The molecule has 0 fully saturated rings. The molecule has 0 aliphatic heterocycles. The fourth-order valence-electron chi connectivity index (χ4n) is 2.47. The third-order valence-electron chi connectivity index (χ3n) is 4.24. The van der Waals surface area contributed by atoms with Gasteiger partial charge in [0, 0.05) is 6.42 Å². The highest BCUT2D eigenvalue weighted by Gasteiger charge is 2.07. The van der Waals surface area contributed by atoms with Gasteiger partial charge >= 0.3 is 5.97 Å². The molecule has 0 saturated heterocycles. The maximum absolute atomic E-state index is 11.4. The van der Waals surface area contributed by atoms with Crippen LogP contribution in [0.25, 0.3) is 0 Å². The Morgan fingerprint density at radius 1 is 0.871 bits per heavy atom. The van der Waals surface area contributed by atoms with E-state index in [9.17, 15) is 15.0 Å². The molecule has 0 radical (unpaired) electrons. The Morgan fingerprint density at radius 3 is 2.19 bits per heavy atom. The molecule has 0 spiro atoms. The Balaban J connectivity index is 3.76. The quantitative estimate of drug-likeness (QED) is 0.113. The molecule has 176 valence electrons. The Labute approximate surface area is 187 Å². The van der Waals surface area contributed by atoms with Crippen LogP contribution in [0.2, 0.25) is 0 Å². The van der Waals surface area contributed by atoms with E-state index in [1.54, 1.807) is 12.2 Å². The number of hydrogen-bond donors (Lipinski definition) is 4. The van der Waals surface area contributed by atoms with Crippen molar-refractivity contribution >= 4 is 5.97 Å². The van der Waals surface area contributed by atoms with Gasteiger partial charge in [-0.25, -0.2) is 0 Å². The molecular formula is C25H40O6. The lowest BCUT2D eigenvalue weighted by Gasteiger charge is -2.08. The minimum atomic E-state index is -1.02. The summed E-state index contributed by atoms with van der Waals surface area (Å²) in [6.07, 6.45) is 22.5. The van der Waals surface area contributed by atoms with Crippen LogP contribution in [0.1, 0.15) is 58.3 Å². The molecule has 3 unspecified atom stereocenters. The standard InChI is InChI=1S/C25H40O6/c1-2-3-10-15-22(27)16-11-7-5-4-6-8-12-17-23(28)18-13-9-14-19-25(30)31-21-24(29)20-26/h3,5-8,10-12,16-17,22-24,26-29H,2,4,9,13-15,18-21H2,1H3. The number of ether oxygens (including phenoxy) is 1. The molecule has 0 rings (SSSR count). The molecule has 6 nitrogen and oxygen atoms in total. The molecule has 0 aliphatic rings. The molecule has 0 bridgehead atoms. The van der Waals surface area contributed by atoms with Crippen LogP contribution in [0, 0.1) is 0 Å². The first-order chi connectivity index (χ1) is 15.0. The molecule has 0 amide bonds. The zero-order valence-electron chi connectivity index (χ0n) is 18.7. The van der Waals surface area contributed by atoms with E-state index in [1.807, 2.05) is 48.6 Å². The SMILES string of the molecule is CCC=CCC(O)C=CC=CCC=CC=CC(O)CCCCCC(=O)OCC(O)CO. The van der Waals surface area contributed by atoms with Crippen LogP contribution in [0.4, 0.5) is 0 Å². The molecular weight excluding hydrogens is 396 g/mol. The van der Waals surface area contributed by atoms with E-state index in [-0.39, 0.29) is 19.0 Å². The smallest absolute Gasteiger partial charge is 0.305 e. The number of carbonyl (C=O) groups is 1. The van der Waals surface area contributed by atoms with E-state index in [0.29, 0.717) is 19.3 Å². The summed E-state index contributed by atoms with van der Waals surface area (Å²) >= 11 is 0. The Bertz CT molecular complexity index is 577. The summed E-state index contributed by atoms with van der Waals surface area (Å²) in [7, 11) is 0. The average Bonchev–Trinajstić information content (AvgIpc) is 2.76. The molecule has 0 aromatic heterocycles. The molecule has 4 N–H and O–H groups in total. The van der Waals surface area contributed by atoms with Gasteiger partial charge in [-0.3, -0.25) is 4.79 Å². The second-order valence-electron chi connectivity index (χ2n) is 7.23. The van der Waals surface area contributed by atoms with Gasteiger partial charge in [0.25, 0.3) is 0 Å². The van der Waals surface area contributed by atoms with Crippen molar-refractivity contribution in [3.63, 3.8) is 0 Å². The van der Waals surface area contributed by atoms with Crippen LogP contribution in [0.15, 0.2) is 60.8 Å². The van der Waals surface area contributed by atoms with Crippen LogP contribution in [-0.2, 0) is 9.53 Å². The Hall–Kier alpha value is -1.99. The van der Waals surface area contributed by atoms with E-state index in [2.05, 4.69) is 6.92 Å². The maximum atomic E-state index is 11.4. The highest BCUT2D eigenvalue weighted by molar-refractivity contribution is 5.69. The largest absolute Gasteiger partial charge is 0.463 e. The van der Waals surface area contributed by atoms with Gasteiger partial charge in [-0.05, 0) is 32.1 Å². The van der Waals surface area contributed by atoms with E-state index < -0.39 is 24.9 Å². The average molecular weight is 437 g/mol. The summed E-state index contributed by atoms with van der Waals surface area (Å²) in [5.74, 6) is -0.386. The van der Waals surface area contributed by atoms with Crippen molar-refractivity contribution in [2.75, 3.05) is 13.2 Å². The van der Waals surface area contributed by atoms with Gasteiger partial charge in [0.1, 0.15) is 12.7 Å². The lowest BCUT2D eigenvalue weighted by Crippen LogP contribution is -2.21. The number of aliphatic hydroxyl groups is 4. The normalized spacial score (nSPS) is 15.6. The fourth-order valence-corrected chi connectivity index (χ4v) is 2.47. The topological polar surface area (TPSA) is 107 Å². The summed E-state index contributed by atoms with van der Waals surface area (Å²) in [5, 5.41) is 37.4. The van der Waals surface area contributed by atoms with Gasteiger partial charge in [-0.2, -0.15) is 0 Å². The number of esters is 1. The number of unbranched alkanes of at least 4 members (excludes halogenated alkanes) is 2. The molecule has 3 atom stereocenters. The highest BCUT2D eigenvalue weighted by Crippen LogP contribution is 2.08. The summed E-state index contributed by atoms with van der Waals surface area (Å²) in [4.78, 5) is 11.4. The van der Waals surface area contributed by atoms with Crippen LogP contribution in [0.5, 0.6) is 0 Å². The number of rotatable bonds is 18. The van der Waals surface area contributed by atoms with Crippen molar-refractivity contribution in [3.8, 4) is 0 Å². The molecule has 0 aliphatic carbocycles. The first-order valence-electron chi connectivity index (χ1n) is 11.1. The van der Waals surface area contributed by atoms with Crippen molar-refractivity contribution in [1.82, 2.24) is 0 Å². The lowest BCUT2D eigenvalue weighted by atomic mass is 10.1. The zero-order chi connectivity index (χ0) is 23.2. The van der Waals surface area contributed by atoms with Crippen molar-refractivity contribution in [3.05, 3.63) is 60.8 Å². The number of hydrogen-bond acceptors (Lipinski definition) is 6. The van der Waals surface area contributed by atoms with Gasteiger partial charge in [0.2, 0.25) is 0 Å². The van der Waals surface area contributed by atoms with Crippen LogP contribution in [0.3, 0.4) is 0 Å². The van der Waals surface area contributed by atoms with Crippen molar-refractivity contribution in [1.29, 1.82) is 0 Å². The molecule has 6 heteroatoms. The molecule has 0 heterocycles. The molecule has 31 heavy (non-hydrogen) atoms. The highest BCUT2D eigenvalue weighted by atomic mass is 16.5. The van der Waals surface area contributed by atoms with E-state index in [4.69, 9.17) is 14.9 Å². The van der Waals surface area contributed by atoms with Gasteiger partial charge in [-0.1, -0.05) is 80.5 Å². The first-order valence-corrected chi connectivity index (χ1v) is 11.1. The number of allylic oxidation sites excluding steroid dienone is 7. The van der Waals surface area contributed by atoms with Crippen molar-refractivity contribution in [2.24, 2.45) is 0 Å². The van der Waals surface area contributed by atoms with Crippen LogP contribution >= 0.6 is 0 Å². The zero-order valence-corrected chi connectivity index (χ0v) is 18.7. The Kier molecular flexibility index (Phi) is 19.9. The second kappa shape index (κ2) is 21.2. The van der Waals surface area contributed by atoms with Crippen molar-refractivity contribution in [2.45, 2.75) is 76.6 Å². The first kappa shape index (κ1) is 29.0. The van der Waals surface area contributed by atoms with Gasteiger partial charge in [0.05, 0.1) is 18.8 Å². The molecule has 0 saturated carbocycles. The van der Waals surface area contributed by atoms with Crippen molar-refractivity contribution < 1.29 is 30.0 Å². The van der Waals surface area contributed by atoms with E-state index >= 15 is 0 Å². The predicted octanol–water partition coefficient (Wildman–Crippen LogP) is 3.53. The monoisotopic (exact) mass is 436 g/mol.